The van der Waals surface area contributed by atoms with Gasteiger partial charge in [-0.1, -0.05) is 123 Å². The first-order chi connectivity index (χ1) is 20.0. The Morgan fingerprint density at radius 3 is 2.14 bits per heavy atom. The SMILES string of the molecule is [2H]c1c([2H])c([2H])c(-c2c3ccccc3c(C(=C)/C=C\C3=CC(C)(C)c4cc(C#N)ccc43)c3ccccc23)c([2H])c1[2H]. The van der Waals surface area contributed by atoms with Gasteiger partial charge in [-0.25, -0.2) is 0 Å². The largest absolute Gasteiger partial charge is 0.192 e. The first-order valence-corrected chi connectivity index (χ1v) is 12.2. The maximum Gasteiger partial charge on any atom is 0.0991 e. The zero-order valence-corrected chi connectivity index (χ0v) is 20.7. The molecule has 0 aliphatic heterocycles. The van der Waals surface area contributed by atoms with E-state index >= 15 is 0 Å². The third-order valence-corrected chi connectivity index (χ3v) is 7.14. The Morgan fingerprint density at radius 1 is 0.892 bits per heavy atom. The summed E-state index contributed by atoms with van der Waals surface area (Å²) >= 11 is 0. The van der Waals surface area contributed by atoms with E-state index in [-0.39, 0.29) is 35.1 Å². The molecule has 5 aromatic rings. The van der Waals surface area contributed by atoms with Crippen molar-refractivity contribution in [3.05, 3.63) is 144 Å². The second-order valence-electron chi connectivity index (χ2n) is 9.89. The molecule has 0 N–H and O–H groups in total. The maximum absolute atomic E-state index is 9.40. The number of fused-ring (bicyclic) bond motifs is 3. The summed E-state index contributed by atoms with van der Waals surface area (Å²) in [5.41, 5.74) is 6.21. The fourth-order valence-corrected chi connectivity index (χ4v) is 5.47. The molecule has 0 atom stereocenters. The summed E-state index contributed by atoms with van der Waals surface area (Å²) in [6.45, 7) is 8.75. The van der Waals surface area contributed by atoms with E-state index < -0.39 is 6.04 Å². The predicted octanol–water partition coefficient (Wildman–Crippen LogP) is 9.48. The quantitative estimate of drug-likeness (QED) is 0.186. The Labute approximate surface area is 225 Å². The summed E-state index contributed by atoms with van der Waals surface area (Å²) in [7, 11) is 0. The second-order valence-corrected chi connectivity index (χ2v) is 9.89. The summed E-state index contributed by atoms with van der Waals surface area (Å²) in [5, 5.41) is 12.7. The van der Waals surface area contributed by atoms with Crippen molar-refractivity contribution in [1.29, 1.82) is 5.26 Å². The highest BCUT2D eigenvalue weighted by atomic mass is 14.3. The molecule has 1 aliphatic carbocycles. The topological polar surface area (TPSA) is 23.8 Å². The van der Waals surface area contributed by atoms with Crippen LogP contribution in [0.3, 0.4) is 0 Å². The van der Waals surface area contributed by atoms with E-state index in [9.17, 15) is 5.26 Å². The van der Waals surface area contributed by atoms with Gasteiger partial charge >= 0.3 is 0 Å². The summed E-state index contributed by atoms with van der Waals surface area (Å²) in [5.74, 6) is 0. The van der Waals surface area contributed by atoms with Crippen LogP contribution in [0.1, 0.15) is 43.0 Å². The van der Waals surface area contributed by atoms with Crippen LogP contribution in [0, 0.1) is 11.3 Å². The van der Waals surface area contributed by atoms with Gasteiger partial charge in [0.15, 0.2) is 0 Å². The van der Waals surface area contributed by atoms with Crippen LogP contribution in [0.15, 0.2) is 122 Å². The molecule has 0 aromatic heterocycles. The number of nitriles is 1. The van der Waals surface area contributed by atoms with E-state index in [0.29, 0.717) is 11.1 Å². The van der Waals surface area contributed by atoms with E-state index in [0.717, 1.165) is 49.4 Å². The highest BCUT2D eigenvalue weighted by Crippen LogP contribution is 2.43. The zero-order valence-electron chi connectivity index (χ0n) is 25.7. The lowest BCUT2D eigenvalue weighted by atomic mass is 9.86. The van der Waals surface area contributed by atoms with E-state index in [1.165, 1.54) is 0 Å². The molecule has 0 radical (unpaired) electrons. The lowest BCUT2D eigenvalue weighted by Gasteiger charge is -2.17. The minimum absolute atomic E-state index is 0.188. The molecule has 1 nitrogen and oxygen atoms in total. The third-order valence-electron chi connectivity index (χ3n) is 7.14. The van der Waals surface area contributed by atoms with Crippen LogP contribution in [-0.2, 0) is 5.41 Å². The zero-order chi connectivity index (χ0) is 29.9. The number of benzene rings is 5. The van der Waals surface area contributed by atoms with Gasteiger partial charge < -0.3 is 0 Å². The van der Waals surface area contributed by atoms with Crippen LogP contribution in [-0.4, -0.2) is 0 Å². The Morgan fingerprint density at radius 2 is 1.51 bits per heavy atom. The van der Waals surface area contributed by atoms with Gasteiger partial charge in [-0.05, 0) is 72.6 Å². The van der Waals surface area contributed by atoms with Crippen LogP contribution in [0.4, 0.5) is 0 Å². The van der Waals surface area contributed by atoms with Gasteiger partial charge in [0.05, 0.1) is 18.5 Å². The second kappa shape index (κ2) is 8.77. The van der Waals surface area contributed by atoms with E-state index in [4.69, 9.17) is 6.85 Å². The van der Waals surface area contributed by atoms with Crippen molar-refractivity contribution in [1.82, 2.24) is 0 Å². The Hall–Kier alpha value is -4.67. The van der Waals surface area contributed by atoms with Gasteiger partial charge in [0.2, 0.25) is 0 Å². The predicted molar refractivity (Wildman–Crippen MR) is 157 cm³/mol. The number of hydrogen-bond acceptors (Lipinski definition) is 1. The Balaban J connectivity index is 1.57. The van der Waals surface area contributed by atoms with Crippen molar-refractivity contribution in [2.75, 3.05) is 0 Å². The summed E-state index contributed by atoms with van der Waals surface area (Å²) < 4.78 is 42.1. The summed E-state index contributed by atoms with van der Waals surface area (Å²) in [6, 6.07) is 22.0. The normalized spacial score (nSPS) is 15.9. The molecule has 37 heavy (non-hydrogen) atoms. The first kappa shape index (κ1) is 17.7. The average molecular weight is 479 g/mol. The molecule has 0 saturated carbocycles. The maximum atomic E-state index is 9.40. The van der Waals surface area contributed by atoms with Gasteiger partial charge in [-0.3, -0.25) is 0 Å². The fourth-order valence-electron chi connectivity index (χ4n) is 5.47. The van der Waals surface area contributed by atoms with Gasteiger partial charge in [0.1, 0.15) is 0 Å². The lowest BCUT2D eigenvalue weighted by Crippen LogP contribution is -2.10. The van der Waals surface area contributed by atoms with Crippen molar-refractivity contribution in [2.45, 2.75) is 19.3 Å². The molecule has 0 unspecified atom stereocenters. The molecule has 0 bridgehead atoms. The van der Waals surface area contributed by atoms with Gasteiger partial charge in [-0.2, -0.15) is 5.26 Å². The van der Waals surface area contributed by atoms with Gasteiger partial charge in [-0.15, -0.1) is 0 Å². The van der Waals surface area contributed by atoms with E-state index in [1.54, 1.807) is 0 Å². The third kappa shape index (κ3) is 3.79. The van der Waals surface area contributed by atoms with Crippen molar-refractivity contribution >= 4 is 32.7 Å². The van der Waals surface area contributed by atoms with E-state index in [1.807, 2.05) is 72.8 Å². The van der Waals surface area contributed by atoms with Crippen LogP contribution >= 0.6 is 0 Å². The van der Waals surface area contributed by atoms with Crippen molar-refractivity contribution in [3.63, 3.8) is 0 Å². The number of allylic oxidation sites excluding steroid dienone is 5. The number of hydrogen-bond donors (Lipinski definition) is 0. The van der Waals surface area contributed by atoms with Crippen molar-refractivity contribution in [2.24, 2.45) is 0 Å². The van der Waals surface area contributed by atoms with E-state index in [2.05, 4.69) is 38.6 Å². The van der Waals surface area contributed by atoms with Crippen molar-refractivity contribution < 1.29 is 6.85 Å². The molecule has 0 amide bonds. The highest BCUT2D eigenvalue weighted by molar-refractivity contribution is 6.19. The minimum atomic E-state index is -0.410. The Kier molecular flexibility index (Phi) is 4.20. The molecule has 176 valence electrons. The first-order valence-electron chi connectivity index (χ1n) is 14.7. The van der Waals surface area contributed by atoms with Crippen LogP contribution in [0.2, 0.25) is 0 Å². The molecule has 1 aliphatic rings. The van der Waals surface area contributed by atoms with Gasteiger partial charge in [0.25, 0.3) is 0 Å². The van der Waals surface area contributed by atoms with Crippen LogP contribution in [0.25, 0.3) is 43.8 Å². The fraction of sp³-hybridized carbons (Fsp3) is 0.0833. The average Bonchev–Trinajstić information content (AvgIpc) is 3.26. The molecule has 0 heterocycles. The minimum Gasteiger partial charge on any atom is -0.192 e. The molecule has 6 rings (SSSR count). The molecule has 1 heteroatoms. The summed E-state index contributed by atoms with van der Waals surface area (Å²) in [6.07, 6.45) is 6.28. The van der Waals surface area contributed by atoms with Crippen molar-refractivity contribution in [3.8, 4) is 17.2 Å². The smallest absolute Gasteiger partial charge is 0.0991 e. The lowest BCUT2D eigenvalue weighted by molar-refractivity contribution is 0.683. The van der Waals surface area contributed by atoms with Crippen LogP contribution in [0.5, 0.6) is 0 Å². The van der Waals surface area contributed by atoms with Gasteiger partial charge in [0, 0.05) is 5.41 Å². The molecule has 5 aromatic carbocycles. The molecule has 0 saturated heterocycles. The molecule has 0 fully saturated rings. The Bertz CT molecular complexity index is 2010. The molecule has 0 spiro atoms. The number of rotatable bonds is 4. The highest BCUT2D eigenvalue weighted by Gasteiger charge is 2.29. The monoisotopic (exact) mass is 478 g/mol. The van der Waals surface area contributed by atoms with Crippen LogP contribution < -0.4 is 0 Å². The molecular weight excluding hydrogens is 446 g/mol. The summed E-state index contributed by atoms with van der Waals surface area (Å²) in [4.78, 5) is 0. The standard InChI is InChI=1S/C36H27N/c1-24(17-19-27-22-36(2,3)33-21-25(23-37)18-20-28(27)33)34-29-13-7-9-15-31(29)35(26-11-5-4-6-12-26)32-16-10-8-14-30(32)34/h4-22H,1H2,2-3H3/b19-17-/i4D,5D,6D,11D,12D. The molecular formula is C36H27N. The number of nitrogens with zero attached hydrogens (tertiary/aromatic N) is 1.